The zero-order valence-electron chi connectivity index (χ0n) is 11.6. The summed E-state index contributed by atoms with van der Waals surface area (Å²) in [6, 6.07) is 0.202. The van der Waals surface area contributed by atoms with Crippen LogP contribution in [0.15, 0.2) is 0 Å². The Morgan fingerprint density at radius 1 is 1.31 bits per heavy atom. The fourth-order valence-corrected chi connectivity index (χ4v) is 3.42. The molecule has 0 heterocycles. The van der Waals surface area contributed by atoms with Crippen molar-refractivity contribution in [3.63, 3.8) is 0 Å². The van der Waals surface area contributed by atoms with Gasteiger partial charge in [0, 0.05) is 6.04 Å². The summed E-state index contributed by atoms with van der Waals surface area (Å²) in [6.45, 7) is 11.9. The van der Waals surface area contributed by atoms with Crippen molar-refractivity contribution in [2.45, 2.75) is 65.5 Å². The molecule has 0 saturated heterocycles. The van der Waals surface area contributed by atoms with Gasteiger partial charge in [-0.25, -0.2) is 0 Å². The normalized spacial score (nSPS) is 37.7. The molecule has 2 N–H and O–H groups in total. The molecule has 16 heavy (non-hydrogen) atoms. The molecule has 1 saturated carbocycles. The van der Waals surface area contributed by atoms with E-state index in [-0.39, 0.29) is 6.04 Å². The van der Waals surface area contributed by atoms with Gasteiger partial charge in [0.15, 0.2) is 0 Å². The minimum absolute atomic E-state index is 0.202. The molecule has 1 aliphatic rings. The van der Waals surface area contributed by atoms with Crippen LogP contribution in [0.1, 0.15) is 53.9 Å². The molecule has 96 valence electrons. The van der Waals surface area contributed by atoms with Crippen molar-refractivity contribution in [1.29, 1.82) is 0 Å². The second-order valence-corrected chi connectivity index (χ2v) is 6.01. The van der Waals surface area contributed by atoms with Crippen LogP contribution in [-0.2, 0) is 0 Å². The van der Waals surface area contributed by atoms with E-state index in [1.54, 1.807) is 0 Å². The molecule has 0 radical (unpaired) electrons. The largest absolute Gasteiger partial charge is 0.388 e. The molecule has 4 unspecified atom stereocenters. The van der Waals surface area contributed by atoms with E-state index in [2.05, 4.69) is 39.9 Å². The fourth-order valence-electron chi connectivity index (χ4n) is 3.42. The minimum atomic E-state index is -0.512. The lowest BCUT2D eigenvalue weighted by Crippen LogP contribution is -2.57. The third kappa shape index (κ3) is 2.78. The lowest BCUT2D eigenvalue weighted by atomic mass is 9.64. The van der Waals surface area contributed by atoms with Crippen LogP contribution in [0.5, 0.6) is 0 Å². The molecule has 0 aromatic carbocycles. The van der Waals surface area contributed by atoms with E-state index >= 15 is 0 Å². The van der Waals surface area contributed by atoms with Crippen LogP contribution in [-0.4, -0.2) is 23.3 Å². The minimum Gasteiger partial charge on any atom is -0.388 e. The highest BCUT2D eigenvalue weighted by molar-refractivity contribution is 4.99. The molecule has 0 aliphatic heterocycles. The van der Waals surface area contributed by atoms with Crippen molar-refractivity contribution < 1.29 is 5.11 Å². The fraction of sp³-hybridized carbons (Fsp3) is 1.00. The second-order valence-electron chi connectivity index (χ2n) is 6.01. The van der Waals surface area contributed by atoms with Crippen LogP contribution in [0, 0.1) is 17.8 Å². The molecule has 4 atom stereocenters. The maximum absolute atomic E-state index is 11.0. The van der Waals surface area contributed by atoms with Crippen molar-refractivity contribution in [3.8, 4) is 0 Å². The van der Waals surface area contributed by atoms with E-state index in [0.717, 1.165) is 13.0 Å². The van der Waals surface area contributed by atoms with Gasteiger partial charge in [-0.15, -0.1) is 0 Å². The summed E-state index contributed by atoms with van der Waals surface area (Å²) in [5.74, 6) is 1.66. The number of nitrogens with one attached hydrogen (secondary N) is 1. The van der Waals surface area contributed by atoms with E-state index in [9.17, 15) is 5.11 Å². The Hall–Kier alpha value is -0.0800. The predicted octanol–water partition coefficient (Wildman–Crippen LogP) is 2.81. The Labute approximate surface area is 101 Å². The van der Waals surface area contributed by atoms with Gasteiger partial charge in [-0.05, 0) is 44.1 Å². The first-order chi connectivity index (χ1) is 7.41. The first-order valence-electron chi connectivity index (χ1n) is 6.87. The van der Waals surface area contributed by atoms with Gasteiger partial charge in [0.2, 0.25) is 0 Å². The highest BCUT2D eigenvalue weighted by atomic mass is 16.3. The van der Waals surface area contributed by atoms with Crippen LogP contribution >= 0.6 is 0 Å². The molecule has 0 aromatic heterocycles. The third-order valence-corrected chi connectivity index (χ3v) is 4.35. The molecule has 1 aliphatic carbocycles. The van der Waals surface area contributed by atoms with Crippen molar-refractivity contribution in [2.24, 2.45) is 17.8 Å². The molecule has 0 aromatic rings. The Morgan fingerprint density at radius 3 is 2.44 bits per heavy atom. The van der Waals surface area contributed by atoms with Crippen LogP contribution in [0.25, 0.3) is 0 Å². The smallest absolute Gasteiger partial charge is 0.0830 e. The van der Waals surface area contributed by atoms with Gasteiger partial charge in [-0.2, -0.15) is 0 Å². The zero-order valence-corrected chi connectivity index (χ0v) is 11.6. The van der Waals surface area contributed by atoms with Gasteiger partial charge >= 0.3 is 0 Å². The molecule has 1 fully saturated rings. The molecule has 1 rings (SSSR count). The van der Waals surface area contributed by atoms with Crippen molar-refractivity contribution in [2.75, 3.05) is 6.54 Å². The summed E-state index contributed by atoms with van der Waals surface area (Å²) in [5, 5.41) is 14.4. The number of hydrogen-bond donors (Lipinski definition) is 2. The highest BCUT2D eigenvalue weighted by Crippen LogP contribution is 2.42. The second kappa shape index (κ2) is 5.50. The number of rotatable bonds is 4. The van der Waals surface area contributed by atoms with E-state index < -0.39 is 5.60 Å². The third-order valence-electron chi connectivity index (χ3n) is 4.35. The molecule has 0 spiro atoms. The first kappa shape index (κ1) is 14.0. The quantitative estimate of drug-likeness (QED) is 0.774. The van der Waals surface area contributed by atoms with Crippen LogP contribution in [0.3, 0.4) is 0 Å². The lowest BCUT2D eigenvalue weighted by molar-refractivity contribution is -0.101. The summed E-state index contributed by atoms with van der Waals surface area (Å²) >= 11 is 0. The summed E-state index contributed by atoms with van der Waals surface area (Å²) in [5.41, 5.74) is -0.512. The van der Waals surface area contributed by atoms with Gasteiger partial charge in [0.1, 0.15) is 0 Å². The average Bonchev–Trinajstić information content (AvgIpc) is 2.17. The van der Waals surface area contributed by atoms with Gasteiger partial charge in [0.05, 0.1) is 5.60 Å². The van der Waals surface area contributed by atoms with Crippen LogP contribution in [0.4, 0.5) is 0 Å². The van der Waals surface area contributed by atoms with Crippen molar-refractivity contribution in [3.05, 3.63) is 0 Å². The van der Waals surface area contributed by atoms with Crippen molar-refractivity contribution in [1.82, 2.24) is 5.32 Å². The van der Waals surface area contributed by atoms with Gasteiger partial charge in [0.25, 0.3) is 0 Å². The standard InChI is InChI=1S/C14H29NO/c1-6-15-12(5)14(16)9-11(4)7-8-13(14)10(2)3/h10-13,15-16H,6-9H2,1-5H3. The van der Waals surface area contributed by atoms with Crippen LogP contribution in [0.2, 0.25) is 0 Å². The Balaban J connectivity index is 2.83. The van der Waals surface area contributed by atoms with E-state index in [1.165, 1.54) is 12.8 Å². The Kier molecular flexibility index (Phi) is 4.81. The van der Waals surface area contributed by atoms with E-state index in [0.29, 0.717) is 17.8 Å². The van der Waals surface area contributed by atoms with Crippen molar-refractivity contribution >= 4 is 0 Å². The SMILES string of the molecule is CCNC(C)C1(O)CC(C)CCC1C(C)C. The summed E-state index contributed by atoms with van der Waals surface area (Å²) < 4.78 is 0. The number of hydrogen-bond acceptors (Lipinski definition) is 2. The maximum Gasteiger partial charge on any atom is 0.0830 e. The molecule has 0 amide bonds. The topological polar surface area (TPSA) is 32.3 Å². The van der Waals surface area contributed by atoms with E-state index in [4.69, 9.17) is 0 Å². The number of aliphatic hydroxyl groups is 1. The van der Waals surface area contributed by atoms with Gasteiger partial charge < -0.3 is 10.4 Å². The van der Waals surface area contributed by atoms with Gasteiger partial charge in [-0.3, -0.25) is 0 Å². The van der Waals surface area contributed by atoms with Gasteiger partial charge in [-0.1, -0.05) is 34.1 Å². The molecule has 0 bridgehead atoms. The molecular weight excluding hydrogens is 198 g/mol. The summed E-state index contributed by atoms with van der Waals surface area (Å²) in [6.07, 6.45) is 3.39. The van der Waals surface area contributed by atoms with Crippen LogP contribution < -0.4 is 5.32 Å². The summed E-state index contributed by atoms with van der Waals surface area (Å²) in [4.78, 5) is 0. The lowest BCUT2D eigenvalue weighted by Gasteiger charge is -2.48. The average molecular weight is 227 g/mol. The number of likely N-dealkylation sites (N-methyl/N-ethyl adjacent to an activating group) is 1. The molecule has 2 nitrogen and oxygen atoms in total. The molecular formula is C14H29NO. The molecule has 2 heteroatoms. The Morgan fingerprint density at radius 2 is 1.94 bits per heavy atom. The summed E-state index contributed by atoms with van der Waals surface area (Å²) in [7, 11) is 0. The van der Waals surface area contributed by atoms with E-state index in [1.807, 2.05) is 0 Å². The maximum atomic E-state index is 11.0. The zero-order chi connectivity index (χ0) is 12.3. The predicted molar refractivity (Wildman–Crippen MR) is 69.4 cm³/mol. The monoisotopic (exact) mass is 227 g/mol. The Bertz CT molecular complexity index is 217. The highest BCUT2D eigenvalue weighted by Gasteiger charge is 2.46. The first-order valence-corrected chi connectivity index (χ1v) is 6.87.